The molecule has 1 heterocycles. The summed E-state index contributed by atoms with van der Waals surface area (Å²) in [6.07, 6.45) is -2.17. The maximum atomic E-state index is 13.5. The Kier molecular flexibility index (Phi) is 6.70. The van der Waals surface area contributed by atoms with Crippen molar-refractivity contribution < 1.29 is 26.3 Å². The lowest BCUT2D eigenvalue weighted by Crippen LogP contribution is -2.52. The van der Waals surface area contributed by atoms with Crippen molar-refractivity contribution in [1.82, 2.24) is 15.8 Å². The Bertz CT molecular complexity index is 630. The Hall–Kier alpha value is -0.770. The lowest BCUT2D eigenvalue weighted by atomic mass is 9.64. The first-order valence-electron chi connectivity index (χ1n) is 11.5. The van der Waals surface area contributed by atoms with Crippen LogP contribution < -0.4 is 10.9 Å². The number of fused-ring (bicyclic) bond motifs is 1. The van der Waals surface area contributed by atoms with Crippen LogP contribution >= 0.6 is 12.2 Å². The van der Waals surface area contributed by atoms with Gasteiger partial charge in [0.15, 0.2) is 5.11 Å². The van der Waals surface area contributed by atoms with E-state index < -0.39 is 36.7 Å². The average Bonchev–Trinajstić information content (AvgIpc) is 3.06. The van der Waals surface area contributed by atoms with Crippen molar-refractivity contribution in [2.45, 2.75) is 95.2 Å². The molecule has 4 aliphatic rings. The lowest BCUT2D eigenvalue weighted by Gasteiger charge is -2.45. The van der Waals surface area contributed by atoms with Crippen molar-refractivity contribution in [2.24, 2.45) is 29.6 Å². The van der Waals surface area contributed by atoms with E-state index in [1.807, 2.05) is 0 Å². The van der Waals surface area contributed by atoms with Gasteiger partial charge in [-0.15, -0.1) is 0 Å². The molecule has 0 amide bonds. The van der Waals surface area contributed by atoms with E-state index in [1.54, 1.807) is 4.90 Å². The van der Waals surface area contributed by atoms with Gasteiger partial charge in [0.25, 0.3) is 0 Å². The van der Waals surface area contributed by atoms with Gasteiger partial charge in [-0.3, -0.25) is 5.43 Å². The third-order valence-corrected chi connectivity index (χ3v) is 8.48. The minimum absolute atomic E-state index is 0.217. The van der Waals surface area contributed by atoms with Crippen LogP contribution in [0.3, 0.4) is 0 Å². The molecule has 0 bridgehead atoms. The number of rotatable bonds is 3. The number of thiocarbonyl (C=S) groups is 1. The summed E-state index contributed by atoms with van der Waals surface area (Å²) in [5.74, 6) is -2.17. The molecule has 0 aromatic carbocycles. The molecule has 6 unspecified atom stereocenters. The summed E-state index contributed by atoms with van der Waals surface area (Å²) in [6.45, 7) is 0. The molecule has 0 radical (unpaired) electrons. The highest BCUT2D eigenvalue weighted by molar-refractivity contribution is 7.80. The Morgan fingerprint density at radius 3 is 2.10 bits per heavy atom. The van der Waals surface area contributed by atoms with Crippen molar-refractivity contribution in [1.29, 1.82) is 0 Å². The van der Waals surface area contributed by atoms with Gasteiger partial charge in [0.05, 0.1) is 18.0 Å². The smallest absolute Gasteiger partial charge is 0.328 e. The molecule has 6 atom stereocenters. The van der Waals surface area contributed by atoms with Crippen molar-refractivity contribution in [3.8, 4) is 0 Å². The van der Waals surface area contributed by atoms with Gasteiger partial charge >= 0.3 is 12.4 Å². The maximum Gasteiger partial charge on any atom is 0.391 e. The van der Waals surface area contributed by atoms with Crippen LogP contribution in [0.5, 0.6) is 0 Å². The fraction of sp³-hybridized carbons (Fsp3) is 0.952. The molecule has 3 nitrogen and oxygen atoms in total. The van der Waals surface area contributed by atoms with Crippen LogP contribution in [0.25, 0.3) is 0 Å². The number of hydrazine groups is 1. The van der Waals surface area contributed by atoms with Gasteiger partial charge in [-0.1, -0.05) is 38.5 Å². The molecular formula is C21H31F6N3S. The maximum absolute atomic E-state index is 13.5. The second kappa shape index (κ2) is 8.88. The fourth-order valence-corrected chi connectivity index (χ4v) is 7.05. The number of alkyl halides is 6. The second-order valence-corrected chi connectivity index (χ2v) is 10.4. The monoisotopic (exact) mass is 471 g/mol. The summed E-state index contributed by atoms with van der Waals surface area (Å²) in [7, 11) is 0. The van der Waals surface area contributed by atoms with E-state index in [4.69, 9.17) is 12.2 Å². The zero-order valence-corrected chi connectivity index (χ0v) is 18.3. The molecule has 3 aliphatic carbocycles. The second-order valence-electron chi connectivity index (χ2n) is 9.97. The third kappa shape index (κ3) is 5.09. The predicted octanol–water partition coefficient (Wildman–Crippen LogP) is 5.91. The molecule has 3 saturated carbocycles. The Labute approximate surface area is 184 Å². The van der Waals surface area contributed by atoms with Gasteiger partial charge in [-0.25, -0.2) is 5.43 Å². The van der Waals surface area contributed by atoms with E-state index in [0.29, 0.717) is 24.2 Å². The minimum Gasteiger partial charge on any atom is -0.328 e. The minimum atomic E-state index is -4.64. The van der Waals surface area contributed by atoms with Gasteiger partial charge in [-0.05, 0) is 62.1 Å². The molecule has 2 N–H and O–H groups in total. The normalized spacial score (nSPS) is 39.9. The zero-order valence-electron chi connectivity index (χ0n) is 17.4. The largest absolute Gasteiger partial charge is 0.391 e. The zero-order chi connectivity index (χ0) is 22.4. The summed E-state index contributed by atoms with van der Waals surface area (Å²) in [4.78, 5) is 1.62. The molecule has 4 fully saturated rings. The Morgan fingerprint density at radius 1 is 0.839 bits per heavy atom. The number of hydrogen-bond acceptors (Lipinski definition) is 2. The first-order chi connectivity index (χ1) is 14.5. The van der Waals surface area contributed by atoms with Crippen LogP contribution in [-0.4, -0.2) is 34.6 Å². The highest BCUT2D eigenvalue weighted by Gasteiger charge is 2.54. The summed E-state index contributed by atoms with van der Waals surface area (Å²) >= 11 is 5.34. The van der Waals surface area contributed by atoms with Gasteiger partial charge < -0.3 is 4.90 Å². The van der Waals surface area contributed by atoms with Crippen LogP contribution in [0.1, 0.15) is 70.6 Å². The summed E-state index contributed by atoms with van der Waals surface area (Å²) in [6, 6.07) is -0.877. The molecule has 0 aromatic rings. The van der Waals surface area contributed by atoms with E-state index in [-0.39, 0.29) is 24.1 Å². The molecule has 4 rings (SSSR count). The van der Waals surface area contributed by atoms with Crippen molar-refractivity contribution in [2.75, 3.05) is 0 Å². The molecule has 31 heavy (non-hydrogen) atoms. The van der Waals surface area contributed by atoms with Crippen LogP contribution in [0.15, 0.2) is 0 Å². The van der Waals surface area contributed by atoms with Gasteiger partial charge in [0.2, 0.25) is 0 Å². The van der Waals surface area contributed by atoms with E-state index in [0.717, 1.165) is 12.8 Å². The highest BCUT2D eigenvalue weighted by Crippen LogP contribution is 2.49. The summed E-state index contributed by atoms with van der Waals surface area (Å²) < 4.78 is 80.8. The van der Waals surface area contributed by atoms with E-state index in [2.05, 4.69) is 10.9 Å². The summed E-state index contributed by atoms with van der Waals surface area (Å²) in [5.41, 5.74) is 5.91. The van der Waals surface area contributed by atoms with Crippen molar-refractivity contribution >= 4 is 17.3 Å². The number of hydrogen-bond donors (Lipinski definition) is 2. The van der Waals surface area contributed by atoms with Crippen molar-refractivity contribution in [3.63, 3.8) is 0 Å². The quantitative estimate of drug-likeness (QED) is 0.395. The van der Waals surface area contributed by atoms with Gasteiger partial charge in [-0.2, -0.15) is 26.3 Å². The molecular weight excluding hydrogens is 440 g/mol. The predicted molar refractivity (Wildman–Crippen MR) is 109 cm³/mol. The van der Waals surface area contributed by atoms with Gasteiger partial charge in [0.1, 0.15) is 0 Å². The van der Waals surface area contributed by atoms with Crippen LogP contribution in [0.4, 0.5) is 26.3 Å². The van der Waals surface area contributed by atoms with E-state index in [1.165, 1.54) is 32.1 Å². The van der Waals surface area contributed by atoms with E-state index in [9.17, 15) is 26.3 Å². The SMILES string of the molecule is FC(F)(F)C1CC(N2C(=S)NNC2CC2CCCC3CCCCC32)CC(C(F)(F)F)C1. The Balaban J connectivity index is 1.51. The highest BCUT2D eigenvalue weighted by atomic mass is 32.1. The molecule has 1 saturated heterocycles. The van der Waals surface area contributed by atoms with Crippen molar-refractivity contribution in [3.05, 3.63) is 0 Å². The third-order valence-electron chi connectivity index (χ3n) is 8.17. The number of halogens is 6. The topological polar surface area (TPSA) is 27.3 Å². The number of nitrogens with zero attached hydrogens (tertiary/aromatic N) is 1. The molecule has 0 aromatic heterocycles. The molecule has 178 valence electrons. The van der Waals surface area contributed by atoms with Crippen LogP contribution in [0.2, 0.25) is 0 Å². The van der Waals surface area contributed by atoms with Gasteiger partial charge in [0, 0.05) is 6.04 Å². The first kappa shape index (κ1) is 23.4. The average molecular weight is 472 g/mol. The van der Waals surface area contributed by atoms with E-state index >= 15 is 0 Å². The molecule has 0 spiro atoms. The Morgan fingerprint density at radius 2 is 1.45 bits per heavy atom. The fourth-order valence-electron chi connectivity index (χ4n) is 6.72. The van der Waals surface area contributed by atoms with Crippen LogP contribution in [-0.2, 0) is 0 Å². The first-order valence-corrected chi connectivity index (χ1v) is 11.9. The standard InChI is InChI=1S/C21H31F6N3S/c22-20(23,24)14-9-15(21(25,26)27)11-16(10-14)30-18(28-29-19(30)31)8-13-6-3-5-12-4-1-2-7-17(12)13/h12-18,28H,1-11H2,(H,29,31). The van der Waals surface area contributed by atoms with Crippen LogP contribution in [0, 0.1) is 29.6 Å². The lowest BCUT2D eigenvalue weighted by molar-refractivity contribution is -0.228. The molecule has 1 aliphatic heterocycles. The summed E-state index contributed by atoms with van der Waals surface area (Å²) in [5, 5.41) is 0.217. The number of nitrogens with one attached hydrogen (secondary N) is 2. The molecule has 10 heteroatoms.